The van der Waals surface area contributed by atoms with Gasteiger partial charge >= 0.3 is 0 Å². The number of carbonyl (C=O) groups excluding carboxylic acids is 1. The lowest BCUT2D eigenvalue weighted by atomic mass is 10.2. The number of hydrogen-bond donors (Lipinski definition) is 0. The fraction of sp³-hybridized carbons (Fsp3) is 0.381. The van der Waals surface area contributed by atoms with Gasteiger partial charge < -0.3 is 14.5 Å². The van der Waals surface area contributed by atoms with Gasteiger partial charge in [0, 0.05) is 45.5 Å². The summed E-state index contributed by atoms with van der Waals surface area (Å²) in [6.07, 6.45) is 0. The largest absolute Gasteiger partial charge is 0.497 e. The van der Waals surface area contributed by atoms with E-state index < -0.39 is 0 Å². The Morgan fingerprint density at radius 2 is 1.65 bits per heavy atom. The first kappa shape index (κ1) is 18.3. The van der Waals surface area contributed by atoms with Crippen LogP contribution in [0.4, 0.5) is 5.69 Å². The van der Waals surface area contributed by atoms with Crippen molar-refractivity contribution in [1.29, 1.82) is 0 Å². The normalized spacial score (nSPS) is 14.9. The fourth-order valence-corrected chi connectivity index (χ4v) is 3.21. The van der Waals surface area contributed by atoms with Crippen LogP contribution >= 0.6 is 0 Å². The van der Waals surface area contributed by atoms with Gasteiger partial charge in [-0.3, -0.25) is 9.69 Å². The predicted octanol–water partition coefficient (Wildman–Crippen LogP) is 2.48. The van der Waals surface area contributed by atoms with E-state index in [-0.39, 0.29) is 5.91 Å². The summed E-state index contributed by atoms with van der Waals surface area (Å²) in [5, 5.41) is 0. The number of ether oxygens (including phenoxy) is 1. The molecule has 3 rings (SSSR count). The summed E-state index contributed by atoms with van der Waals surface area (Å²) in [5.74, 6) is 1.05. The first-order chi connectivity index (χ1) is 12.7. The maximum atomic E-state index is 12.5. The van der Waals surface area contributed by atoms with E-state index in [9.17, 15) is 4.79 Å². The summed E-state index contributed by atoms with van der Waals surface area (Å²) in [4.78, 5) is 18.9. The van der Waals surface area contributed by atoms with Gasteiger partial charge in [0.2, 0.25) is 5.91 Å². The van der Waals surface area contributed by atoms with E-state index in [1.54, 1.807) is 7.11 Å². The molecule has 0 aliphatic carbocycles. The second-order valence-electron chi connectivity index (χ2n) is 6.70. The van der Waals surface area contributed by atoms with Crippen molar-refractivity contribution in [1.82, 2.24) is 9.80 Å². The molecule has 1 aliphatic heterocycles. The molecule has 1 saturated heterocycles. The summed E-state index contributed by atoms with van der Waals surface area (Å²) < 4.78 is 5.21. The van der Waals surface area contributed by atoms with Crippen molar-refractivity contribution in [2.45, 2.75) is 6.54 Å². The molecule has 2 aromatic rings. The molecular formula is C21H27N3O2. The van der Waals surface area contributed by atoms with Gasteiger partial charge in [-0.05, 0) is 29.8 Å². The van der Waals surface area contributed by atoms with Gasteiger partial charge in [-0.2, -0.15) is 0 Å². The number of nitrogens with zero attached hydrogens (tertiary/aromatic N) is 3. The van der Waals surface area contributed by atoms with Crippen molar-refractivity contribution < 1.29 is 9.53 Å². The second kappa shape index (κ2) is 8.72. The first-order valence-corrected chi connectivity index (χ1v) is 9.05. The average Bonchev–Trinajstić information content (AvgIpc) is 2.69. The number of rotatable bonds is 6. The Morgan fingerprint density at radius 3 is 2.27 bits per heavy atom. The number of anilines is 1. The predicted molar refractivity (Wildman–Crippen MR) is 105 cm³/mol. The van der Waals surface area contributed by atoms with Crippen LogP contribution in [0.15, 0.2) is 54.6 Å². The van der Waals surface area contributed by atoms with Gasteiger partial charge in [0.25, 0.3) is 0 Å². The van der Waals surface area contributed by atoms with Gasteiger partial charge in [-0.1, -0.05) is 30.3 Å². The van der Waals surface area contributed by atoms with Crippen LogP contribution in [0.2, 0.25) is 0 Å². The van der Waals surface area contributed by atoms with Gasteiger partial charge in [-0.25, -0.2) is 0 Å². The maximum absolute atomic E-state index is 12.5. The van der Waals surface area contributed by atoms with E-state index in [1.807, 2.05) is 42.3 Å². The number of hydrogen-bond acceptors (Lipinski definition) is 4. The average molecular weight is 353 g/mol. The van der Waals surface area contributed by atoms with Crippen molar-refractivity contribution in [2.24, 2.45) is 0 Å². The number of methoxy groups -OCH3 is 1. The zero-order valence-corrected chi connectivity index (χ0v) is 15.6. The molecule has 5 heteroatoms. The number of benzene rings is 2. The lowest BCUT2D eigenvalue weighted by molar-refractivity contribution is -0.131. The highest BCUT2D eigenvalue weighted by atomic mass is 16.5. The van der Waals surface area contributed by atoms with Crippen molar-refractivity contribution in [3.05, 3.63) is 60.2 Å². The van der Waals surface area contributed by atoms with E-state index in [0.717, 1.165) is 37.5 Å². The van der Waals surface area contributed by atoms with E-state index in [0.29, 0.717) is 13.1 Å². The smallest absolute Gasteiger partial charge is 0.236 e. The summed E-state index contributed by atoms with van der Waals surface area (Å²) in [6.45, 7) is 4.81. The third-order valence-electron chi connectivity index (χ3n) is 4.86. The molecule has 0 bridgehead atoms. The molecule has 26 heavy (non-hydrogen) atoms. The highest BCUT2D eigenvalue weighted by molar-refractivity contribution is 5.78. The lowest BCUT2D eigenvalue weighted by Crippen LogP contribution is -2.49. The molecule has 5 nitrogen and oxygen atoms in total. The van der Waals surface area contributed by atoms with Gasteiger partial charge in [-0.15, -0.1) is 0 Å². The molecule has 0 N–H and O–H groups in total. The second-order valence-corrected chi connectivity index (χ2v) is 6.70. The monoisotopic (exact) mass is 353 g/mol. The van der Waals surface area contributed by atoms with Crippen molar-refractivity contribution in [2.75, 3.05) is 51.8 Å². The van der Waals surface area contributed by atoms with E-state index >= 15 is 0 Å². The zero-order chi connectivity index (χ0) is 18.4. The Hall–Kier alpha value is -2.53. The van der Waals surface area contributed by atoms with Crippen molar-refractivity contribution in [3.63, 3.8) is 0 Å². The van der Waals surface area contributed by atoms with Crippen molar-refractivity contribution >= 4 is 11.6 Å². The van der Waals surface area contributed by atoms with E-state index in [1.165, 1.54) is 5.69 Å². The summed E-state index contributed by atoms with van der Waals surface area (Å²) in [6, 6.07) is 18.3. The van der Waals surface area contributed by atoms with Crippen LogP contribution in [0.1, 0.15) is 5.56 Å². The van der Waals surface area contributed by atoms with Crippen LogP contribution in [0.25, 0.3) is 0 Å². The molecule has 1 aliphatic rings. The van der Waals surface area contributed by atoms with Crippen LogP contribution in [-0.2, 0) is 11.3 Å². The summed E-state index contributed by atoms with van der Waals surface area (Å²) in [5.41, 5.74) is 2.37. The maximum Gasteiger partial charge on any atom is 0.236 e. The molecule has 1 amide bonds. The minimum absolute atomic E-state index is 0.173. The quantitative estimate of drug-likeness (QED) is 0.799. The standard InChI is InChI=1S/C21H27N3O2/c1-22(16-18-6-4-3-5-7-18)21(25)17-23-12-14-24(15-13-23)19-8-10-20(26-2)11-9-19/h3-11H,12-17H2,1-2H3. The Bertz CT molecular complexity index is 695. The van der Waals surface area contributed by atoms with Gasteiger partial charge in [0.05, 0.1) is 13.7 Å². The number of piperazine rings is 1. The summed E-state index contributed by atoms with van der Waals surface area (Å²) in [7, 11) is 3.56. The van der Waals surface area contributed by atoms with E-state index in [2.05, 4.69) is 34.1 Å². The Morgan fingerprint density at radius 1 is 1.00 bits per heavy atom. The summed E-state index contributed by atoms with van der Waals surface area (Å²) >= 11 is 0. The molecular weight excluding hydrogens is 326 g/mol. The van der Waals surface area contributed by atoms with Gasteiger partial charge in [0.1, 0.15) is 5.75 Å². The Labute approximate surface area is 155 Å². The third kappa shape index (κ3) is 4.76. The SMILES string of the molecule is COc1ccc(N2CCN(CC(=O)N(C)Cc3ccccc3)CC2)cc1. The van der Waals surface area contributed by atoms with Crippen molar-refractivity contribution in [3.8, 4) is 5.75 Å². The fourth-order valence-electron chi connectivity index (χ4n) is 3.21. The van der Waals surface area contributed by atoms with Crippen LogP contribution in [0.5, 0.6) is 5.75 Å². The minimum Gasteiger partial charge on any atom is -0.497 e. The zero-order valence-electron chi connectivity index (χ0n) is 15.6. The molecule has 0 atom stereocenters. The van der Waals surface area contributed by atoms with Crippen LogP contribution in [-0.4, -0.2) is 62.6 Å². The van der Waals surface area contributed by atoms with Crippen LogP contribution in [0.3, 0.4) is 0 Å². The number of carbonyl (C=O) groups is 1. The van der Waals surface area contributed by atoms with E-state index in [4.69, 9.17) is 4.74 Å². The minimum atomic E-state index is 0.173. The number of amides is 1. The topological polar surface area (TPSA) is 36.0 Å². The molecule has 0 aromatic heterocycles. The molecule has 1 heterocycles. The van der Waals surface area contributed by atoms with Crippen LogP contribution in [0, 0.1) is 0 Å². The molecule has 0 unspecified atom stereocenters. The Balaban J connectivity index is 1.46. The molecule has 1 fully saturated rings. The molecule has 0 spiro atoms. The number of likely N-dealkylation sites (N-methyl/N-ethyl adjacent to an activating group) is 1. The van der Waals surface area contributed by atoms with Crippen LogP contribution < -0.4 is 9.64 Å². The molecule has 138 valence electrons. The molecule has 0 radical (unpaired) electrons. The van der Waals surface area contributed by atoms with Gasteiger partial charge in [0.15, 0.2) is 0 Å². The Kier molecular flexibility index (Phi) is 6.12. The highest BCUT2D eigenvalue weighted by Crippen LogP contribution is 2.20. The lowest BCUT2D eigenvalue weighted by Gasteiger charge is -2.36. The molecule has 0 saturated carbocycles. The first-order valence-electron chi connectivity index (χ1n) is 9.05. The highest BCUT2D eigenvalue weighted by Gasteiger charge is 2.20. The third-order valence-corrected chi connectivity index (χ3v) is 4.86. The molecule has 2 aromatic carbocycles.